The summed E-state index contributed by atoms with van der Waals surface area (Å²) in [6.45, 7) is 1.57. The molecule has 0 spiro atoms. The summed E-state index contributed by atoms with van der Waals surface area (Å²) in [7, 11) is 0. The van der Waals surface area contributed by atoms with Crippen LogP contribution >= 0.6 is 0 Å². The molecule has 3 heteroatoms. The van der Waals surface area contributed by atoms with Crippen LogP contribution in [0.1, 0.15) is 19.3 Å². The number of hydrogen-bond acceptors (Lipinski definition) is 2. The molecule has 11 heavy (non-hydrogen) atoms. The van der Waals surface area contributed by atoms with Crippen molar-refractivity contribution in [2.24, 2.45) is 11.7 Å². The van der Waals surface area contributed by atoms with E-state index >= 15 is 0 Å². The zero-order valence-corrected chi connectivity index (χ0v) is 6.62. The van der Waals surface area contributed by atoms with Crippen molar-refractivity contribution < 1.29 is 4.79 Å². The monoisotopic (exact) mass is 154 g/mol. The van der Waals surface area contributed by atoms with Crippen molar-refractivity contribution in [1.29, 1.82) is 0 Å². The van der Waals surface area contributed by atoms with Gasteiger partial charge < -0.3 is 10.6 Å². The van der Waals surface area contributed by atoms with Crippen LogP contribution in [0.3, 0.4) is 0 Å². The summed E-state index contributed by atoms with van der Waals surface area (Å²) in [4.78, 5) is 13.3. The maximum absolute atomic E-state index is 11.4. The van der Waals surface area contributed by atoms with Gasteiger partial charge in [-0.1, -0.05) is 6.42 Å². The Morgan fingerprint density at radius 3 is 2.36 bits per heavy atom. The lowest BCUT2D eigenvalue weighted by molar-refractivity contribution is -0.142. The van der Waals surface area contributed by atoms with E-state index < -0.39 is 0 Å². The number of nitrogens with two attached hydrogens (primary N) is 1. The van der Waals surface area contributed by atoms with E-state index in [2.05, 4.69) is 0 Å². The van der Waals surface area contributed by atoms with Gasteiger partial charge in [0.15, 0.2) is 0 Å². The fourth-order valence-electron chi connectivity index (χ4n) is 1.61. The van der Waals surface area contributed by atoms with Crippen molar-refractivity contribution in [3.8, 4) is 0 Å². The summed E-state index contributed by atoms with van der Waals surface area (Å²) in [6.07, 6.45) is 3.44. The number of carbonyl (C=O) groups excluding carboxylic acids is 1. The highest BCUT2D eigenvalue weighted by atomic mass is 16.2. The van der Waals surface area contributed by atoms with Gasteiger partial charge in [-0.25, -0.2) is 0 Å². The minimum atomic E-state index is 0.249. The zero-order valence-electron chi connectivity index (χ0n) is 6.62. The topological polar surface area (TPSA) is 46.3 Å². The van der Waals surface area contributed by atoms with Gasteiger partial charge in [0, 0.05) is 25.0 Å². The Balaban J connectivity index is 1.81. The number of carbonyl (C=O) groups is 1. The standard InChI is InChI=1S/C8H14N2O/c9-7-4-10(5-7)8(11)6-2-1-3-6/h6-7H,1-5,9H2. The smallest absolute Gasteiger partial charge is 0.225 e. The van der Waals surface area contributed by atoms with Gasteiger partial charge in [0.2, 0.25) is 5.91 Å². The van der Waals surface area contributed by atoms with Crippen LogP contribution in [0.15, 0.2) is 0 Å². The number of amides is 1. The van der Waals surface area contributed by atoms with Gasteiger partial charge in [-0.3, -0.25) is 4.79 Å². The third kappa shape index (κ3) is 1.13. The van der Waals surface area contributed by atoms with Crippen molar-refractivity contribution >= 4 is 5.91 Å². The van der Waals surface area contributed by atoms with Crippen molar-refractivity contribution in [2.45, 2.75) is 25.3 Å². The van der Waals surface area contributed by atoms with Crippen LogP contribution in [0.5, 0.6) is 0 Å². The average molecular weight is 154 g/mol. The van der Waals surface area contributed by atoms with E-state index in [4.69, 9.17) is 5.73 Å². The average Bonchev–Trinajstić information content (AvgIpc) is 1.76. The van der Waals surface area contributed by atoms with Crippen LogP contribution in [-0.4, -0.2) is 29.9 Å². The molecule has 2 N–H and O–H groups in total. The van der Waals surface area contributed by atoms with Crippen LogP contribution < -0.4 is 5.73 Å². The molecule has 1 saturated heterocycles. The first-order chi connectivity index (χ1) is 5.27. The third-order valence-electron chi connectivity index (χ3n) is 2.68. The lowest BCUT2D eigenvalue weighted by Crippen LogP contribution is -2.59. The van der Waals surface area contributed by atoms with E-state index in [1.54, 1.807) is 0 Å². The molecule has 0 aromatic rings. The number of likely N-dealkylation sites (tertiary alicyclic amines) is 1. The van der Waals surface area contributed by atoms with Gasteiger partial charge in [-0.2, -0.15) is 0 Å². The molecule has 2 fully saturated rings. The summed E-state index contributed by atoms with van der Waals surface area (Å²) in [5.74, 6) is 0.695. The molecule has 2 rings (SSSR count). The highest BCUT2D eigenvalue weighted by Gasteiger charge is 2.34. The fourth-order valence-corrected chi connectivity index (χ4v) is 1.61. The Kier molecular flexibility index (Phi) is 1.60. The van der Waals surface area contributed by atoms with Crippen LogP contribution in [-0.2, 0) is 4.79 Å². The van der Waals surface area contributed by atoms with E-state index in [1.807, 2.05) is 4.90 Å². The molecule has 0 aromatic heterocycles. The minimum Gasteiger partial charge on any atom is -0.339 e. The second-order valence-electron chi connectivity index (χ2n) is 3.63. The Morgan fingerprint density at radius 2 is 2.00 bits per heavy atom. The third-order valence-corrected chi connectivity index (χ3v) is 2.68. The first-order valence-electron chi connectivity index (χ1n) is 4.32. The van der Waals surface area contributed by atoms with Crippen LogP contribution in [0.25, 0.3) is 0 Å². The normalized spacial score (nSPS) is 26.1. The van der Waals surface area contributed by atoms with Crippen LogP contribution in [0.2, 0.25) is 0 Å². The molecule has 0 aromatic carbocycles. The molecule has 1 aliphatic carbocycles. The molecule has 2 aliphatic rings. The summed E-state index contributed by atoms with van der Waals surface area (Å²) < 4.78 is 0. The number of hydrogen-bond donors (Lipinski definition) is 1. The van der Waals surface area contributed by atoms with E-state index in [-0.39, 0.29) is 6.04 Å². The first kappa shape index (κ1) is 7.10. The maximum atomic E-state index is 11.4. The quantitative estimate of drug-likeness (QED) is 0.576. The summed E-state index contributed by atoms with van der Waals surface area (Å²) in [5.41, 5.74) is 5.57. The number of nitrogens with zero attached hydrogens (tertiary/aromatic N) is 1. The van der Waals surface area contributed by atoms with Crippen molar-refractivity contribution in [3.05, 3.63) is 0 Å². The van der Waals surface area contributed by atoms with Gasteiger partial charge in [-0.05, 0) is 12.8 Å². The second-order valence-corrected chi connectivity index (χ2v) is 3.63. The molecule has 1 amide bonds. The van der Waals surface area contributed by atoms with Crippen LogP contribution in [0, 0.1) is 5.92 Å². The Morgan fingerprint density at radius 1 is 1.36 bits per heavy atom. The summed E-state index contributed by atoms with van der Waals surface area (Å²) in [6, 6.07) is 0.249. The van der Waals surface area contributed by atoms with Crippen LogP contribution in [0.4, 0.5) is 0 Å². The molecule has 0 bridgehead atoms. The molecular formula is C8H14N2O. The second kappa shape index (κ2) is 2.48. The van der Waals surface area contributed by atoms with E-state index in [9.17, 15) is 4.79 Å². The van der Waals surface area contributed by atoms with Gasteiger partial charge in [0.05, 0.1) is 0 Å². The fraction of sp³-hybridized carbons (Fsp3) is 0.875. The molecule has 62 valence electrons. The van der Waals surface area contributed by atoms with E-state index in [0.29, 0.717) is 11.8 Å². The highest BCUT2D eigenvalue weighted by Crippen LogP contribution is 2.29. The zero-order chi connectivity index (χ0) is 7.84. The van der Waals surface area contributed by atoms with Gasteiger partial charge >= 0.3 is 0 Å². The predicted molar refractivity (Wildman–Crippen MR) is 41.9 cm³/mol. The lowest BCUT2D eigenvalue weighted by atomic mass is 9.83. The molecular weight excluding hydrogens is 140 g/mol. The summed E-state index contributed by atoms with van der Waals surface area (Å²) in [5, 5.41) is 0. The molecule has 3 nitrogen and oxygen atoms in total. The largest absolute Gasteiger partial charge is 0.339 e. The Labute approximate surface area is 66.5 Å². The minimum absolute atomic E-state index is 0.249. The van der Waals surface area contributed by atoms with E-state index in [0.717, 1.165) is 25.9 Å². The van der Waals surface area contributed by atoms with Gasteiger partial charge in [0.1, 0.15) is 0 Å². The molecule has 0 unspecified atom stereocenters. The van der Waals surface area contributed by atoms with E-state index in [1.165, 1.54) is 6.42 Å². The number of rotatable bonds is 1. The predicted octanol–water partition coefficient (Wildman–Crippen LogP) is -0.0440. The maximum Gasteiger partial charge on any atom is 0.225 e. The summed E-state index contributed by atoms with van der Waals surface area (Å²) >= 11 is 0. The molecule has 1 saturated carbocycles. The first-order valence-corrected chi connectivity index (χ1v) is 4.32. The van der Waals surface area contributed by atoms with Crippen molar-refractivity contribution in [2.75, 3.05) is 13.1 Å². The molecule has 0 radical (unpaired) electrons. The highest BCUT2D eigenvalue weighted by molar-refractivity contribution is 5.80. The Hall–Kier alpha value is -0.570. The molecule has 0 atom stereocenters. The van der Waals surface area contributed by atoms with Gasteiger partial charge in [0.25, 0.3) is 0 Å². The Bertz CT molecular complexity index is 171. The molecule has 1 aliphatic heterocycles. The lowest BCUT2D eigenvalue weighted by Gasteiger charge is -2.40. The van der Waals surface area contributed by atoms with Gasteiger partial charge in [-0.15, -0.1) is 0 Å². The van der Waals surface area contributed by atoms with Crippen molar-refractivity contribution in [3.63, 3.8) is 0 Å². The SMILES string of the molecule is NC1CN(C(=O)C2CCC2)C1. The molecule has 1 heterocycles. The van der Waals surface area contributed by atoms with Crippen molar-refractivity contribution in [1.82, 2.24) is 4.90 Å².